The van der Waals surface area contributed by atoms with Crippen molar-refractivity contribution < 1.29 is 53.7 Å². The third-order valence-corrected chi connectivity index (χ3v) is 5.57. The molecule has 4 aliphatic rings. The Morgan fingerprint density at radius 3 is 2.59 bits per heavy atom. The number of aliphatic hydroxyl groups is 4. The van der Waals surface area contributed by atoms with Gasteiger partial charge in [0.15, 0.2) is 6.29 Å². The molecule has 0 bridgehead atoms. The zero-order chi connectivity index (χ0) is 20.9. The summed E-state index contributed by atoms with van der Waals surface area (Å²) in [5.41, 5.74) is 0.936. The standard InChI is InChI=1S/C18H22O11/c1-6(20)25-4-7-2-9-12-8(16(24)27-9)5-26-17(11(7)12)29-18-15(23)14(22)13(21)10(3-19)28-18/h2,5,9-15,17-19,21-23H,3-4H2,1H3/t9-,10+,11+,12-,13+,14-,15+,17-,18+/m0/s1. The minimum absolute atomic E-state index is 0.0598. The molecule has 0 radical (unpaired) electrons. The highest BCUT2D eigenvalue weighted by Gasteiger charge is 2.56. The highest BCUT2D eigenvalue weighted by Crippen LogP contribution is 2.49. The number of esters is 2. The fraction of sp³-hybridized carbons (Fsp3) is 0.667. The van der Waals surface area contributed by atoms with Crippen molar-refractivity contribution in [2.45, 2.75) is 50.0 Å². The second kappa shape index (κ2) is 7.67. The molecule has 0 aromatic heterocycles. The lowest BCUT2D eigenvalue weighted by Gasteiger charge is -2.42. The first-order valence-electron chi connectivity index (χ1n) is 9.18. The van der Waals surface area contributed by atoms with E-state index in [1.807, 2.05) is 0 Å². The Hall–Kier alpha value is -2.02. The molecule has 0 aromatic carbocycles. The Bertz CT molecular complexity index is 744. The molecule has 0 amide bonds. The lowest BCUT2D eigenvalue weighted by Crippen LogP contribution is -2.60. The second-order valence-electron chi connectivity index (χ2n) is 7.35. The molecule has 11 nitrogen and oxygen atoms in total. The van der Waals surface area contributed by atoms with E-state index in [2.05, 4.69) is 0 Å². The molecule has 0 saturated carbocycles. The Morgan fingerprint density at radius 2 is 1.90 bits per heavy atom. The van der Waals surface area contributed by atoms with E-state index < -0.39 is 73.5 Å². The topological polar surface area (TPSA) is 161 Å². The number of carbonyl (C=O) groups excluding carboxylic acids is 2. The van der Waals surface area contributed by atoms with E-state index in [4.69, 9.17) is 23.7 Å². The van der Waals surface area contributed by atoms with Crippen LogP contribution in [-0.2, 0) is 33.3 Å². The monoisotopic (exact) mass is 414 g/mol. The predicted molar refractivity (Wildman–Crippen MR) is 89.4 cm³/mol. The van der Waals surface area contributed by atoms with Gasteiger partial charge in [-0.3, -0.25) is 4.79 Å². The van der Waals surface area contributed by atoms with E-state index in [9.17, 15) is 30.0 Å². The van der Waals surface area contributed by atoms with Crippen LogP contribution >= 0.6 is 0 Å². The van der Waals surface area contributed by atoms with Crippen LogP contribution in [0, 0.1) is 11.8 Å². The molecule has 160 valence electrons. The van der Waals surface area contributed by atoms with Crippen molar-refractivity contribution in [3.63, 3.8) is 0 Å². The maximum atomic E-state index is 12.0. The van der Waals surface area contributed by atoms with Crippen LogP contribution in [0.1, 0.15) is 6.92 Å². The van der Waals surface area contributed by atoms with Gasteiger partial charge < -0.3 is 44.1 Å². The summed E-state index contributed by atoms with van der Waals surface area (Å²) in [6, 6.07) is 0. The molecular weight excluding hydrogens is 392 g/mol. The molecule has 2 saturated heterocycles. The Balaban J connectivity index is 1.56. The fourth-order valence-electron chi connectivity index (χ4n) is 4.12. The molecule has 29 heavy (non-hydrogen) atoms. The third kappa shape index (κ3) is 3.43. The summed E-state index contributed by atoms with van der Waals surface area (Å²) in [6.45, 7) is 0.602. The zero-order valence-electron chi connectivity index (χ0n) is 15.4. The molecule has 0 spiro atoms. The van der Waals surface area contributed by atoms with E-state index in [1.54, 1.807) is 6.08 Å². The van der Waals surface area contributed by atoms with Gasteiger partial charge in [0.05, 0.1) is 24.4 Å². The predicted octanol–water partition coefficient (Wildman–Crippen LogP) is -2.30. The largest absolute Gasteiger partial charge is 0.471 e. The Labute approximate surface area is 165 Å². The Morgan fingerprint density at radius 1 is 1.14 bits per heavy atom. The van der Waals surface area contributed by atoms with E-state index in [0.717, 1.165) is 0 Å². The van der Waals surface area contributed by atoms with Crippen LogP contribution in [0.25, 0.3) is 0 Å². The first kappa shape index (κ1) is 20.3. The third-order valence-electron chi connectivity index (χ3n) is 5.57. The lowest BCUT2D eigenvalue weighted by atomic mass is 9.84. The summed E-state index contributed by atoms with van der Waals surface area (Å²) in [7, 11) is 0. The molecule has 11 heteroatoms. The van der Waals surface area contributed by atoms with Crippen molar-refractivity contribution in [1.82, 2.24) is 0 Å². The van der Waals surface area contributed by atoms with Gasteiger partial charge in [-0.25, -0.2) is 4.79 Å². The fourth-order valence-corrected chi connectivity index (χ4v) is 4.12. The highest BCUT2D eigenvalue weighted by atomic mass is 16.8. The molecule has 1 aliphatic carbocycles. The van der Waals surface area contributed by atoms with Crippen LogP contribution in [0.3, 0.4) is 0 Å². The lowest BCUT2D eigenvalue weighted by molar-refractivity contribution is -0.339. The second-order valence-corrected chi connectivity index (χ2v) is 7.35. The maximum Gasteiger partial charge on any atom is 0.338 e. The van der Waals surface area contributed by atoms with Gasteiger partial charge in [0, 0.05) is 12.8 Å². The zero-order valence-corrected chi connectivity index (χ0v) is 15.4. The Kier molecular flexibility index (Phi) is 5.36. The summed E-state index contributed by atoms with van der Waals surface area (Å²) in [5, 5.41) is 39.4. The van der Waals surface area contributed by atoms with Gasteiger partial charge in [0.1, 0.15) is 37.1 Å². The summed E-state index contributed by atoms with van der Waals surface area (Å²) in [6.07, 6.45) is -6.03. The summed E-state index contributed by atoms with van der Waals surface area (Å²) in [4.78, 5) is 23.2. The summed E-state index contributed by atoms with van der Waals surface area (Å²) >= 11 is 0. The van der Waals surface area contributed by atoms with Crippen LogP contribution in [0.2, 0.25) is 0 Å². The molecule has 4 rings (SSSR count). The average Bonchev–Trinajstić information content (AvgIpc) is 3.20. The van der Waals surface area contributed by atoms with Crippen molar-refractivity contribution in [3.8, 4) is 0 Å². The van der Waals surface area contributed by atoms with Gasteiger partial charge in [-0.1, -0.05) is 0 Å². The van der Waals surface area contributed by atoms with E-state index in [1.165, 1.54) is 13.2 Å². The van der Waals surface area contributed by atoms with Crippen LogP contribution < -0.4 is 0 Å². The normalized spacial score (nSPS) is 43.1. The SMILES string of the molecule is CC(=O)OCC1=C[C@@H]2OC(=O)C3=CO[C@@H](O[C@H]4O[C@H](CO)[C@@H](O)[C@H](O)[C@H]4O)[C@H]1[C@@H]32. The number of hydrogen-bond donors (Lipinski definition) is 4. The number of rotatable bonds is 5. The van der Waals surface area contributed by atoms with E-state index >= 15 is 0 Å². The molecule has 9 atom stereocenters. The molecule has 3 aliphatic heterocycles. The van der Waals surface area contributed by atoms with Crippen LogP contribution in [0.15, 0.2) is 23.5 Å². The van der Waals surface area contributed by atoms with Gasteiger partial charge in [-0.05, 0) is 11.6 Å². The molecular formula is C18H22O11. The number of hydrogen-bond acceptors (Lipinski definition) is 11. The van der Waals surface area contributed by atoms with Crippen molar-refractivity contribution in [2.24, 2.45) is 11.8 Å². The molecule has 2 fully saturated rings. The van der Waals surface area contributed by atoms with Crippen molar-refractivity contribution >= 4 is 11.9 Å². The van der Waals surface area contributed by atoms with Crippen LogP contribution in [0.4, 0.5) is 0 Å². The quantitative estimate of drug-likeness (QED) is 0.283. The number of carbonyl (C=O) groups is 2. The average molecular weight is 414 g/mol. The smallest absolute Gasteiger partial charge is 0.338 e. The highest BCUT2D eigenvalue weighted by molar-refractivity contribution is 5.92. The maximum absolute atomic E-state index is 12.0. The number of aliphatic hydroxyl groups excluding tert-OH is 4. The first-order valence-corrected chi connectivity index (χ1v) is 9.18. The van der Waals surface area contributed by atoms with E-state index in [0.29, 0.717) is 11.1 Å². The summed E-state index contributed by atoms with van der Waals surface area (Å²) < 4.78 is 27.0. The summed E-state index contributed by atoms with van der Waals surface area (Å²) in [5.74, 6) is -1.99. The van der Waals surface area contributed by atoms with Gasteiger partial charge in [-0.2, -0.15) is 0 Å². The van der Waals surface area contributed by atoms with Gasteiger partial charge >= 0.3 is 11.9 Å². The molecule has 0 aromatic rings. The van der Waals surface area contributed by atoms with E-state index in [-0.39, 0.29) is 6.61 Å². The van der Waals surface area contributed by atoms with Crippen molar-refractivity contribution in [1.29, 1.82) is 0 Å². The first-order chi connectivity index (χ1) is 13.8. The van der Waals surface area contributed by atoms with Crippen LogP contribution in [-0.4, -0.2) is 88.7 Å². The van der Waals surface area contributed by atoms with Crippen molar-refractivity contribution in [2.75, 3.05) is 13.2 Å². The van der Waals surface area contributed by atoms with Gasteiger partial charge in [0.2, 0.25) is 6.29 Å². The molecule has 3 heterocycles. The van der Waals surface area contributed by atoms with Gasteiger partial charge in [-0.15, -0.1) is 0 Å². The van der Waals surface area contributed by atoms with Crippen molar-refractivity contribution in [3.05, 3.63) is 23.5 Å². The molecule has 0 unspecified atom stereocenters. The minimum atomic E-state index is -1.61. The van der Waals surface area contributed by atoms with Crippen LogP contribution in [0.5, 0.6) is 0 Å². The minimum Gasteiger partial charge on any atom is -0.471 e. The number of ether oxygens (including phenoxy) is 5. The van der Waals surface area contributed by atoms with Gasteiger partial charge in [0.25, 0.3) is 0 Å². The molecule has 4 N–H and O–H groups in total.